The first-order valence-corrected chi connectivity index (χ1v) is 2.93. The van der Waals surface area contributed by atoms with Crippen LogP contribution >= 0.6 is 23.2 Å². The Morgan fingerprint density at radius 3 is 1.75 bits per heavy atom. The third-order valence-corrected chi connectivity index (χ3v) is 0.711. The normalized spacial score (nSPS) is 8.12. The van der Waals surface area contributed by atoms with Crippen LogP contribution in [-0.4, -0.2) is 24.6 Å². The standard InChI is InChI=1S/C5H8Cl2.Ga.3H/c1-4(2)3-5(6)7;;;;/h3,5H,1-2H3;;;;. The third kappa shape index (κ3) is 10.0. The molecule has 0 rings (SSSR count). The fourth-order valence-electron chi connectivity index (χ4n) is 0.252. The Labute approximate surface area is 73.3 Å². The molecule has 0 aliphatic rings. The van der Waals surface area contributed by atoms with Crippen molar-refractivity contribution >= 4 is 43.0 Å². The van der Waals surface area contributed by atoms with Gasteiger partial charge in [-0.05, 0) is 13.8 Å². The van der Waals surface area contributed by atoms with Gasteiger partial charge in [-0.15, -0.1) is 23.2 Å². The van der Waals surface area contributed by atoms with E-state index in [4.69, 9.17) is 23.2 Å². The molecule has 0 aromatic carbocycles. The van der Waals surface area contributed by atoms with E-state index in [0.717, 1.165) is 5.57 Å². The summed E-state index contributed by atoms with van der Waals surface area (Å²) in [7, 11) is 0. The number of hydrogen-bond acceptors (Lipinski definition) is 0. The summed E-state index contributed by atoms with van der Waals surface area (Å²) in [5.74, 6) is 0. The van der Waals surface area contributed by atoms with E-state index in [0.29, 0.717) is 0 Å². The molecule has 0 spiro atoms. The molecule has 0 N–H and O–H groups in total. The van der Waals surface area contributed by atoms with E-state index >= 15 is 0 Å². The minimum absolute atomic E-state index is 0. The molecule has 0 aliphatic heterocycles. The first kappa shape index (κ1) is 11.7. The van der Waals surface area contributed by atoms with Gasteiger partial charge in [0.25, 0.3) is 0 Å². The zero-order valence-corrected chi connectivity index (χ0v) is 5.92. The zero-order chi connectivity index (χ0) is 5.86. The quantitative estimate of drug-likeness (QED) is 0.351. The van der Waals surface area contributed by atoms with Crippen molar-refractivity contribution in [1.82, 2.24) is 0 Å². The summed E-state index contributed by atoms with van der Waals surface area (Å²) >= 11 is 10.7. The van der Waals surface area contributed by atoms with Crippen LogP contribution in [0.25, 0.3) is 0 Å². The SMILES string of the molecule is CC(C)=CC(Cl)Cl.[GaH3]. The first-order valence-electron chi connectivity index (χ1n) is 2.06. The van der Waals surface area contributed by atoms with Gasteiger partial charge >= 0.3 is 19.8 Å². The summed E-state index contributed by atoms with van der Waals surface area (Å²) in [6.45, 7) is 3.91. The number of rotatable bonds is 1. The van der Waals surface area contributed by atoms with Crippen LogP contribution in [0, 0.1) is 0 Å². The van der Waals surface area contributed by atoms with Crippen molar-refractivity contribution in [2.24, 2.45) is 0 Å². The van der Waals surface area contributed by atoms with Gasteiger partial charge < -0.3 is 0 Å². The Bertz CT molecular complexity index is 74.5. The summed E-state index contributed by atoms with van der Waals surface area (Å²) < 4.78 is 0. The Balaban J connectivity index is 0. The zero-order valence-electron chi connectivity index (χ0n) is 4.41. The van der Waals surface area contributed by atoms with Gasteiger partial charge in [0.15, 0.2) is 0 Å². The molecule has 0 nitrogen and oxygen atoms in total. The van der Waals surface area contributed by atoms with Gasteiger partial charge in [-0.2, -0.15) is 0 Å². The van der Waals surface area contributed by atoms with Crippen LogP contribution in [0.4, 0.5) is 0 Å². The molecule has 0 heterocycles. The molecule has 0 aromatic rings. The van der Waals surface area contributed by atoms with Gasteiger partial charge in [0.05, 0.1) is 0 Å². The second-order valence-electron chi connectivity index (χ2n) is 1.58. The van der Waals surface area contributed by atoms with E-state index in [2.05, 4.69) is 0 Å². The maximum atomic E-state index is 5.36. The Morgan fingerprint density at radius 1 is 1.38 bits per heavy atom. The Hall–Kier alpha value is 0.956. The van der Waals surface area contributed by atoms with Crippen LogP contribution < -0.4 is 0 Å². The molecule has 8 heavy (non-hydrogen) atoms. The van der Waals surface area contributed by atoms with Crippen LogP contribution in [0.15, 0.2) is 11.6 Å². The Kier molecular flexibility index (Phi) is 8.91. The molecular weight excluding hydrogens is 201 g/mol. The summed E-state index contributed by atoms with van der Waals surface area (Å²) in [5, 5.41) is 0. The molecule has 0 atom stereocenters. The van der Waals surface area contributed by atoms with Gasteiger partial charge in [0.2, 0.25) is 0 Å². The van der Waals surface area contributed by atoms with E-state index in [1.54, 1.807) is 6.08 Å². The second-order valence-corrected chi connectivity index (χ2v) is 2.74. The summed E-state index contributed by atoms with van der Waals surface area (Å²) in [6, 6.07) is 0. The van der Waals surface area contributed by atoms with Crippen LogP contribution in [0.2, 0.25) is 0 Å². The molecule has 0 saturated heterocycles. The Morgan fingerprint density at radius 2 is 1.75 bits per heavy atom. The monoisotopic (exact) mass is 210 g/mol. The summed E-state index contributed by atoms with van der Waals surface area (Å²) in [5.41, 5.74) is 1.15. The van der Waals surface area contributed by atoms with Crippen LogP contribution in [0.5, 0.6) is 0 Å². The molecule has 3 heteroatoms. The maximum absolute atomic E-state index is 5.36. The summed E-state index contributed by atoms with van der Waals surface area (Å²) in [6.07, 6.45) is 1.78. The molecule has 0 radical (unpaired) electrons. The molecule has 0 unspecified atom stereocenters. The fraction of sp³-hybridized carbons (Fsp3) is 0.600. The van der Waals surface area contributed by atoms with E-state index in [1.165, 1.54) is 0 Å². The fourth-order valence-corrected chi connectivity index (χ4v) is 0.756. The summed E-state index contributed by atoms with van der Waals surface area (Å²) in [4.78, 5) is -0.343. The first-order chi connectivity index (χ1) is 3.13. The number of halogens is 2. The van der Waals surface area contributed by atoms with Gasteiger partial charge in [-0.25, -0.2) is 0 Å². The van der Waals surface area contributed by atoms with Gasteiger partial charge in [0, 0.05) is 0 Å². The van der Waals surface area contributed by atoms with Crippen LogP contribution in [-0.2, 0) is 0 Å². The number of allylic oxidation sites excluding steroid dienone is 2. The molecule has 0 saturated carbocycles. The molecule has 0 aliphatic carbocycles. The third-order valence-electron chi connectivity index (χ3n) is 0.459. The molecule has 0 fully saturated rings. The van der Waals surface area contributed by atoms with Crippen molar-refractivity contribution in [2.75, 3.05) is 0 Å². The predicted molar refractivity (Wildman–Crippen MR) is 44.9 cm³/mol. The predicted octanol–water partition coefficient (Wildman–Crippen LogP) is 1.57. The average Bonchev–Trinajstić information content (AvgIpc) is 1.27. The topological polar surface area (TPSA) is 0 Å². The van der Waals surface area contributed by atoms with E-state index in [1.807, 2.05) is 13.8 Å². The van der Waals surface area contributed by atoms with Gasteiger partial charge in [0.1, 0.15) is 4.84 Å². The minimum atomic E-state index is -0.343. The van der Waals surface area contributed by atoms with Crippen molar-refractivity contribution in [2.45, 2.75) is 18.7 Å². The second kappa shape index (κ2) is 6.08. The molecule has 0 amide bonds. The number of alkyl halides is 2. The van der Waals surface area contributed by atoms with E-state index in [9.17, 15) is 0 Å². The molecule has 48 valence electrons. The molecule has 0 bridgehead atoms. The van der Waals surface area contributed by atoms with Crippen LogP contribution in [0.1, 0.15) is 13.8 Å². The molecule has 0 aromatic heterocycles. The molecular formula is C5H11Cl2Ga. The average molecular weight is 212 g/mol. The number of hydrogen-bond donors (Lipinski definition) is 0. The van der Waals surface area contributed by atoms with Gasteiger partial charge in [-0.3, -0.25) is 0 Å². The van der Waals surface area contributed by atoms with Gasteiger partial charge in [-0.1, -0.05) is 11.6 Å². The van der Waals surface area contributed by atoms with Crippen molar-refractivity contribution in [3.8, 4) is 0 Å². The van der Waals surface area contributed by atoms with Crippen molar-refractivity contribution in [3.63, 3.8) is 0 Å². The van der Waals surface area contributed by atoms with E-state index in [-0.39, 0.29) is 24.6 Å². The van der Waals surface area contributed by atoms with Crippen molar-refractivity contribution in [3.05, 3.63) is 11.6 Å². The van der Waals surface area contributed by atoms with Crippen molar-refractivity contribution in [1.29, 1.82) is 0 Å². The van der Waals surface area contributed by atoms with Crippen LogP contribution in [0.3, 0.4) is 0 Å². The van der Waals surface area contributed by atoms with E-state index < -0.39 is 0 Å². The van der Waals surface area contributed by atoms with Crippen molar-refractivity contribution < 1.29 is 0 Å².